The van der Waals surface area contributed by atoms with Crippen molar-refractivity contribution in [1.29, 1.82) is 0 Å². The summed E-state index contributed by atoms with van der Waals surface area (Å²) in [6.45, 7) is 5.41. The molecule has 100 valence electrons. The molecule has 1 atom stereocenters. The average molecular weight is 254 g/mol. The first-order chi connectivity index (χ1) is 9.31. The van der Waals surface area contributed by atoms with Gasteiger partial charge in [-0.05, 0) is 43.1 Å². The predicted octanol–water partition coefficient (Wildman–Crippen LogP) is 3.67. The van der Waals surface area contributed by atoms with Gasteiger partial charge in [0.25, 0.3) is 0 Å². The molecule has 1 aromatic heterocycles. The van der Waals surface area contributed by atoms with E-state index in [2.05, 4.69) is 60.5 Å². The standard InChI is InChI=1S/C17H22N2/c1-3-11-19-17(13-15-9-6-7-12-18-15)16-10-5-4-8-14(16)2/h4-10,12,17,19H,3,11,13H2,1-2H3. The Balaban J connectivity index is 2.19. The fourth-order valence-corrected chi connectivity index (χ4v) is 2.32. The molecule has 0 saturated carbocycles. The zero-order valence-electron chi connectivity index (χ0n) is 11.8. The van der Waals surface area contributed by atoms with Crippen molar-refractivity contribution in [1.82, 2.24) is 10.3 Å². The van der Waals surface area contributed by atoms with Crippen LogP contribution in [0.1, 0.15) is 36.2 Å². The topological polar surface area (TPSA) is 24.9 Å². The lowest BCUT2D eigenvalue weighted by Gasteiger charge is -2.20. The third-order valence-corrected chi connectivity index (χ3v) is 3.34. The highest BCUT2D eigenvalue weighted by molar-refractivity contribution is 5.29. The van der Waals surface area contributed by atoms with Gasteiger partial charge in [0.2, 0.25) is 0 Å². The second kappa shape index (κ2) is 7.05. The first-order valence-corrected chi connectivity index (χ1v) is 7.00. The van der Waals surface area contributed by atoms with E-state index in [1.165, 1.54) is 11.1 Å². The lowest BCUT2D eigenvalue weighted by Crippen LogP contribution is -2.25. The van der Waals surface area contributed by atoms with Crippen molar-refractivity contribution in [3.8, 4) is 0 Å². The number of aromatic nitrogens is 1. The van der Waals surface area contributed by atoms with Gasteiger partial charge in [-0.2, -0.15) is 0 Å². The second-order valence-corrected chi connectivity index (χ2v) is 4.89. The molecule has 1 N–H and O–H groups in total. The quantitative estimate of drug-likeness (QED) is 0.850. The molecular formula is C17H22N2. The van der Waals surface area contributed by atoms with Crippen molar-refractivity contribution >= 4 is 0 Å². The summed E-state index contributed by atoms with van der Waals surface area (Å²) < 4.78 is 0. The maximum Gasteiger partial charge on any atom is 0.0422 e. The maximum atomic E-state index is 4.44. The summed E-state index contributed by atoms with van der Waals surface area (Å²) in [6.07, 6.45) is 3.94. The zero-order valence-corrected chi connectivity index (χ0v) is 11.8. The molecule has 0 bridgehead atoms. The number of pyridine rings is 1. The van der Waals surface area contributed by atoms with Crippen molar-refractivity contribution in [2.75, 3.05) is 6.54 Å². The molecule has 19 heavy (non-hydrogen) atoms. The van der Waals surface area contributed by atoms with Crippen molar-refractivity contribution in [3.63, 3.8) is 0 Å². The Morgan fingerprint density at radius 1 is 1.11 bits per heavy atom. The SMILES string of the molecule is CCCNC(Cc1ccccn1)c1ccccc1C. The molecule has 0 saturated heterocycles. The Hall–Kier alpha value is -1.67. The van der Waals surface area contributed by atoms with Gasteiger partial charge in [0.15, 0.2) is 0 Å². The maximum absolute atomic E-state index is 4.44. The molecule has 0 amide bonds. The van der Waals surface area contributed by atoms with Crippen LogP contribution in [0.2, 0.25) is 0 Å². The zero-order chi connectivity index (χ0) is 13.5. The molecule has 1 heterocycles. The fraction of sp³-hybridized carbons (Fsp3) is 0.353. The highest BCUT2D eigenvalue weighted by Crippen LogP contribution is 2.20. The lowest BCUT2D eigenvalue weighted by atomic mass is 9.97. The fourth-order valence-electron chi connectivity index (χ4n) is 2.32. The van der Waals surface area contributed by atoms with Gasteiger partial charge in [-0.3, -0.25) is 4.98 Å². The van der Waals surface area contributed by atoms with Gasteiger partial charge in [-0.15, -0.1) is 0 Å². The average Bonchev–Trinajstić information content (AvgIpc) is 2.45. The first kappa shape index (κ1) is 13.8. The van der Waals surface area contributed by atoms with Gasteiger partial charge in [-0.1, -0.05) is 37.3 Å². The summed E-state index contributed by atoms with van der Waals surface area (Å²) in [4.78, 5) is 4.44. The molecule has 2 nitrogen and oxygen atoms in total. The van der Waals surface area contributed by atoms with Crippen molar-refractivity contribution in [3.05, 3.63) is 65.5 Å². The minimum Gasteiger partial charge on any atom is -0.310 e. The number of nitrogens with zero attached hydrogens (tertiary/aromatic N) is 1. The summed E-state index contributed by atoms with van der Waals surface area (Å²) in [7, 11) is 0. The molecule has 0 aliphatic heterocycles. The molecule has 1 aromatic carbocycles. The van der Waals surface area contributed by atoms with E-state index in [-0.39, 0.29) is 0 Å². The molecule has 0 radical (unpaired) electrons. The highest BCUT2D eigenvalue weighted by Gasteiger charge is 2.13. The van der Waals surface area contributed by atoms with E-state index in [1.54, 1.807) is 0 Å². The summed E-state index contributed by atoms with van der Waals surface area (Å²) in [5.41, 5.74) is 3.85. The smallest absolute Gasteiger partial charge is 0.0422 e. The van der Waals surface area contributed by atoms with Crippen LogP contribution in [0.3, 0.4) is 0 Å². The first-order valence-electron chi connectivity index (χ1n) is 7.00. The van der Waals surface area contributed by atoms with Crippen LogP contribution < -0.4 is 5.32 Å². The summed E-state index contributed by atoms with van der Waals surface area (Å²) >= 11 is 0. The van der Waals surface area contributed by atoms with Crippen LogP contribution in [0.25, 0.3) is 0 Å². The van der Waals surface area contributed by atoms with Gasteiger partial charge in [0, 0.05) is 24.4 Å². The lowest BCUT2D eigenvalue weighted by molar-refractivity contribution is 0.522. The Labute approximate surface area is 115 Å². The molecule has 0 aliphatic rings. The van der Waals surface area contributed by atoms with Gasteiger partial charge in [-0.25, -0.2) is 0 Å². The third-order valence-electron chi connectivity index (χ3n) is 3.34. The molecule has 2 aromatic rings. The van der Waals surface area contributed by atoms with E-state index in [0.717, 1.165) is 25.1 Å². The van der Waals surface area contributed by atoms with E-state index < -0.39 is 0 Å². The van der Waals surface area contributed by atoms with Crippen LogP contribution >= 0.6 is 0 Å². The van der Waals surface area contributed by atoms with Crippen molar-refractivity contribution in [2.24, 2.45) is 0 Å². The molecule has 0 spiro atoms. The highest BCUT2D eigenvalue weighted by atomic mass is 14.9. The summed E-state index contributed by atoms with van der Waals surface area (Å²) in [5.74, 6) is 0. The summed E-state index contributed by atoms with van der Waals surface area (Å²) in [5, 5.41) is 3.64. The largest absolute Gasteiger partial charge is 0.310 e. The monoisotopic (exact) mass is 254 g/mol. The van der Waals surface area contributed by atoms with Crippen LogP contribution in [0.15, 0.2) is 48.7 Å². The van der Waals surface area contributed by atoms with Crippen LogP contribution in [-0.2, 0) is 6.42 Å². The van der Waals surface area contributed by atoms with E-state index in [1.807, 2.05) is 12.3 Å². The Bertz CT molecular complexity index is 494. The molecule has 2 rings (SSSR count). The molecular weight excluding hydrogens is 232 g/mol. The van der Waals surface area contributed by atoms with Crippen LogP contribution in [-0.4, -0.2) is 11.5 Å². The Morgan fingerprint density at radius 3 is 2.58 bits per heavy atom. The van der Waals surface area contributed by atoms with E-state index in [0.29, 0.717) is 6.04 Å². The summed E-state index contributed by atoms with van der Waals surface area (Å²) in [6, 6.07) is 15.1. The van der Waals surface area contributed by atoms with Gasteiger partial charge >= 0.3 is 0 Å². The van der Waals surface area contributed by atoms with Gasteiger partial charge < -0.3 is 5.32 Å². The van der Waals surface area contributed by atoms with E-state index >= 15 is 0 Å². The normalized spacial score (nSPS) is 12.3. The van der Waals surface area contributed by atoms with Gasteiger partial charge in [0.05, 0.1) is 0 Å². The third kappa shape index (κ3) is 3.90. The molecule has 0 aliphatic carbocycles. The van der Waals surface area contributed by atoms with E-state index in [9.17, 15) is 0 Å². The number of nitrogens with one attached hydrogen (secondary N) is 1. The minimum atomic E-state index is 0.344. The molecule has 0 fully saturated rings. The molecule has 1 unspecified atom stereocenters. The van der Waals surface area contributed by atoms with Crippen LogP contribution in [0.4, 0.5) is 0 Å². The van der Waals surface area contributed by atoms with Crippen molar-refractivity contribution < 1.29 is 0 Å². The number of aryl methyl sites for hydroxylation is 1. The Morgan fingerprint density at radius 2 is 1.89 bits per heavy atom. The number of benzene rings is 1. The second-order valence-electron chi connectivity index (χ2n) is 4.89. The van der Waals surface area contributed by atoms with E-state index in [4.69, 9.17) is 0 Å². The number of hydrogen-bond acceptors (Lipinski definition) is 2. The predicted molar refractivity (Wildman–Crippen MR) is 80.2 cm³/mol. The van der Waals surface area contributed by atoms with Crippen molar-refractivity contribution in [2.45, 2.75) is 32.7 Å². The van der Waals surface area contributed by atoms with Gasteiger partial charge in [0.1, 0.15) is 0 Å². The van der Waals surface area contributed by atoms with Crippen LogP contribution in [0, 0.1) is 6.92 Å². The minimum absolute atomic E-state index is 0.344. The number of hydrogen-bond donors (Lipinski definition) is 1. The molecule has 2 heteroatoms. The van der Waals surface area contributed by atoms with Crippen LogP contribution in [0.5, 0.6) is 0 Å². The number of rotatable bonds is 6. The Kier molecular flexibility index (Phi) is 5.10.